The molecule has 1 aromatic heterocycles. The number of amides is 1. The van der Waals surface area contributed by atoms with Crippen molar-refractivity contribution in [3.63, 3.8) is 0 Å². The van der Waals surface area contributed by atoms with Gasteiger partial charge in [0.15, 0.2) is 0 Å². The van der Waals surface area contributed by atoms with Crippen LogP contribution in [-0.2, 0) is 0 Å². The van der Waals surface area contributed by atoms with Crippen LogP contribution in [0.5, 0.6) is 0 Å². The lowest BCUT2D eigenvalue weighted by atomic mass is 10.2. The third-order valence-corrected chi connectivity index (χ3v) is 2.68. The van der Waals surface area contributed by atoms with E-state index >= 15 is 0 Å². The maximum absolute atomic E-state index is 11.8. The maximum atomic E-state index is 11.8. The summed E-state index contributed by atoms with van der Waals surface area (Å²) in [5, 5.41) is 6.20. The Hall–Kier alpha value is -1.000. The number of carbonyl (C=O) groups is 1. The summed E-state index contributed by atoms with van der Waals surface area (Å²) in [7, 11) is 0. The fourth-order valence-corrected chi connectivity index (χ4v) is 1.90. The lowest BCUT2D eigenvalue weighted by Crippen LogP contribution is -2.36. The number of hydrogen-bond acceptors (Lipinski definition) is 3. The highest BCUT2D eigenvalue weighted by atomic mass is 35.5. The molecule has 1 amide bonds. The van der Waals surface area contributed by atoms with E-state index in [-0.39, 0.29) is 24.4 Å². The van der Waals surface area contributed by atoms with Crippen LogP contribution in [0.15, 0.2) is 10.5 Å². The van der Waals surface area contributed by atoms with Gasteiger partial charge in [0.2, 0.25) is 0 Å². The van der Waals surface area contributed by atoms with Crippen molar-refractivity contribution >= 4 is 18.3 Å². The summed E-state index contributed by atoms with van der Waals surface area (Å²) in [5.74, 6) is 1.44. The Kier molecular flexibility index (Phi) is 4.38. The summed E-state index contributed by atoms with van der Waals surface area (Å²) in [6, 6.07) is 2.04. The Labute approximate surface area is 101 Å². The summed E-state index contributed by atoms with van der Waals surface area (Å²) >= 11 is 0. The average Bonchev–Trinajstić information content (AvgIpc) is 2.75. The van der Waals surface area contributed by atoms with Crippen molar-refractivity contribution in [2.75, 3.05) is 13.1 Å². The van der Waals surface area contributed by atoms with Crippen molar-refractivity contribution < 1.29 is 9.21 Å². The minimum Gasteiger partial charge on any atom is -0.466 e. The molecule has 5 heteroatoms. The summed E-state index contributed by atoms with van der Waals surface area (Å²) in [6.45, 7) is 5.51. The van der Waals surface area contributed by atoms with E-state index in [0.717, 1.165) is 25.3 Å². The highest BCUT2D eigenvalue weighted by molar-refractivity contribution is 5.95. The van der Waals surface area contributed by atoms with Gasteiger partial charge in [-0.15, -0.1) is 12.4 Å². The molecule has 0 spiro atoms. The third-order valence-electron chi connectivity index (χ3n) is 2.68. The van der Waals surface area contributed by atoms with E-state index in [9.17, 15) is 4.79 Å². The zero-order valence-electron chi connectivity index (χ0n) is 9.50. The highest BCUT2D eigenvalue weighted by Crippen LogP contribution is 2.13. The minimum atomic E-state index is -0.0296. The molecule has 0 saturated carbocycles. The largest absolute Gasteiger partial charge is 0.466 e. The van der Waals surface area contributed by atoms with Crippen LogP contribution < -0.4 is 10.6 Å². The van der Waals surface area contributed by atoms with Gasteiger partial charge < -0.3 is 15.1 Å². The first-order chi connectivity index (χ1) is 7.16. The lowest BCUT2D eigenvalue weighted by molar-refractivity contribution is 0.0938. The van der Waals surface area contributed by atoms with Crippen LogP contribution in [0.1, 0.15) is 28.3 Å². The van der Waals surface area contributed by atoms with Crippen LogP contribution in [0, 0.1) is 13.8 Å². The van der Waals surface area contributed by atoms with E-state index < -0.39 is 0 Å². The monoisotopic (exact) mass is 244 g/mol. The predicted octanol–water partition coefficient (Wildman–Crippen LogP) is 1.41. The van der Waals surface area contributed by atoms with Gasteiger partial charge in [-0.05, 0) is 32.9 Å². The molecule has 1 aliphatic rings. The standard InChI is InChI=1S/C11H16N2O2.ClH/c1-7-5-10(8(2)15-7)11(14)13-9-3-4-12-6-9;/h5,9,12H,3-4,6H2,1-2H3,(H,13,14);1H. The van der Waals surface area contributed by atoms with Gasteiger partial charge in [0, 0.05) is 12.6 Å². The second kappa shape index (κ2) is 5.37. The van der Waals surface area contributed by atoms with Crippen molar-refractivity contribution in [1.82, 2.24) is 10.6 Å². The summed E-state index contributed by atoms with van der Waals surface area (Å²) < 4.78 is 5.32. The summed E-state index contributed by atoms with van der Waals surface area (Å²) in [6.07, 6.45) is 1.00. The van der Waals surface area contributed by atoms with E-state index in [1.807, 2.05) is 13.8 Å². The quantitative estimate of drug-likeness (QED) is 0.827. The Morgan fingerprint density at radius 1 is 1.56 bits per heavy atom. The van der Waals surface area contributed by atoms with Crippen molar-refractivity contribution in [2.24, 2.45) is 0 Å². The van der Waals surface area contributed by atoms with Crippen molar-refractivity contribution in [3.05, 3.63) is 23.2 Å². The van der Waals surface area contributed by atoms with Gasteiger partial charge in [0.25, 0.3) is 5.91 Å². The van der Waals surface area contributed by atoms with Crippen LogP contribution in [0.2, 0.25) is 0 Å². The second-order valence-electron chi connectivity index (χ2n) is 3.99. The molecule has 0 bridgehead atoms. The lowest BCUT2D eigenvalue weighted by Gasteiger charge is -2.10. The van der Waals surface area contributed by atoms with E-state index in [1.54, 1.807) is 6.07 Å². The second-order valence-corrected chi connectivity index (χ2v) is 3.99. The molecule has 90 valence electrons. The topological polar surface area (TPSA) is 54.3 Å². The molecule has 16 heavy (non-hydrogen) atoms. The van der Waals surface area contributed by atoms with E-state index in [2.05, 4.69) is 10.6 Å². The van der Waals surface area contributed by atoms with E-state index in [1.165, 1.54) is 0 Å². The predicted molar refractivity (Wildman–Crippen MR) is 64.2 cm³/mol. The molecule has 2 rings (SSSR count). The zero-order valence-corrected chi connectivity index (χ0v) is 10.3. The molecular weight excluding hydrogens is 228 g/mol. The van der Waals surface area contributed by atoms with Crippen LogP contribution >= 0.6 is 12.4 Å². The first-order valence-corrected chi connectivity index (χ1v) is 5.25. The van der Waals surface area contributed by atoms with E-state index in [0.29, 0.717) is 11.3 Å². The van der Waals surface area contributed by atoms with Crippen molar-refractivity contribution in [3.8, 4) is 0 Å². The number of nitrogens with one attached hydrogen (secondary N) is 2. The van der Waals surface area contributed by atoms with Crippen LogP contribution in [0.4, 0.5) is 0 Å². The highest BCUT2D eigenvalue weighted by Gasteiger charge is 2.20. The van der Waals surface area contributed by atoms with Gasteiger partial charge in [-0.2, -0.15) is 0 Å². The molecule has 0 radical (unpaired) electrons. The molecule has 4 nitrogen and oxygen atoms in total. The van der Waals surface area contributed by atoms with Crippen LogP contribution in [-0.4, -0.2) is 25.0 Å². The number of halogens is 1. The van der Waals surface area contributed by atoms with Gasteiger partial charge in [0.05, 0.1) is 5.56 Å². The molecule has 2 heterocycles. The molecule has 1 aliphatic heterocycles. The first kappa shape index (κ1) is 13.1. The molecule has 1 saturated heterocycles. The molecule has 1 aromatic rings. The fourth-order valence-electron chi connectivity index (χ4n) is 1.90. The van der Waals surface area contributed by atoms with Crippen molar-refractivity contribution in [2.45, 2.75) is 26.3 Å². The first-order valence-electron chi connectivity index (χ1n) is 5.25. The molecular formula is C11H17ClN2O2. The Balaban J connectivity index is 0.00000128. The van der Waals surface area contributed by atoms with Gasteiger partial charge in [-0.1, -0.05) is 0 Å². The Morgan fingerprint density at radius 3 is 2.81 bits per heavy atom. The Bertz CT molecular complexity index is 370. The fraction of sp³-hybridized carbons (Fsp3) is 0.545. The molecule has 2 N–H and O–H groups in total. The smallest absolute Gasteiger partial charge is 0.255 e. The maximum Gasteiger partial charge on any atom is 0.255 e. The molecule has 1 fully saturated rings. The number of hydrogen-bond donors (Lipinski definition) is 2. The Morgan fingerprint density at radius 2 is 2.31 bits per heavy atom. The molecule has 0 aliphatic carbocycles. The normalized spacial score (nSPS) is 19.2. The summed E-state index contributed by atoms with van der Waals surface area (Å²) in [5.41, 5.74) is 0.652. The van der Waals surface area contributed by atoms with Gasteiger partial charge in [-0.3, -0.25) is 4.79 Å². The molecule has 1 atom stereocenters. The molecule has 1 unspecified atom stereocenters. The summed E-state index contributed by atoms with van der Waals surface area (Å²) in [4.78, 5) is 11.8. The van der Waals surface area contributed by atoms with Crippen molar-refractivity contribution in [1.29, 1.82) is 0 Å². The van der Waals surface area contributed by atoms with Gasteiger partial charge in [-0.25, -0.2) is 0 Å². The van der Waals surface area contributed by atoms with Gasteiger partial charge >= 0.3 is 0 Å². The number of furan rings is 1. The zero-order chi connectivity index (χ0) is 10.8. The number of aryl methyl sites for hydroxylation is 2. The van der Waals surface area contributed by atoms with Gasteiger partial charge in [0.1, 0.15) is 11.5 Å². The number of carbonyl (C=O) groups excluding carboxylic acids is 1. The van der Waals surface area contributed by atoms with E-state index in [4.69, 9.17) is 4.42 Å². The SMILES string of the molecule is Cc1cc(C(=O)NC2CCNC2)c(C)o1.Cl. The average molecular weight is 245 g/mol. The van der Waals surface area contributed by atoms with Crippen LogP contribution in [0.25, 0.3) is 0 Å². The molecule has 0 aromatic carbocycles. The minimum absolute atomic E-state index is 0. The van der Waals surface area contributed by atoms with Crippen LogP contribution in [0.3, 0.4) is 0 Å². The number of rotatable bonds is 2. The third kappa shape index (κ3) is 2.77.